The fourth-order valence-electron chi connectivity index (χ4n) is 5.80. The number of aliphatic hydroxyl groups excluding tert-OH is 1. The van der Waals surface area contributed by atoms with Crippen LogP contribution in [0.1, 0.15) is 56.7 Å². The van der Waals surface area contributed by atoms with Crippen LogP contribution in [-0.4, -0.2) is 69.9 Å². The Morgan fingerprint density at radius 2 is 2.00 bits per heavy atom. The Balaban J connectivity index is 1.10. The molecular formula is C27H28F3N9O2. The molecule has 0 radical (unpaired) electrons. The Labute approximate surface area is 233 Å². The van der Waals surface area contributed by atoms with Gasteiger partial charge in [0.05, 0.1) is 36.2 Å². The lowest BCUT2D eigenvalue weighted by Crippen LogP contribution is -2.65. The molecule has 14 heteroatoms. The number of nitriles is 1. The summed E-state index contributed by atoms with van der Waals surface area (Å²) in [5.41, 5.74) is 1.78. The summed E-state index contributed by atoms with van der Waals surface area (Å²) in [6.07, 6.45) is 4.00. The van der Waals surface area contributed by atoms with E-state index in [-0.39, 0.29) is 23.7 Å². The molecule has 1 aliphatic carbocycles. The van der Waals surface area contributed by atoms with Crippen LogP contribution in [0.5, 0.6) is 5.88 Å². The molecule has 2 aliphatic rings. The summed E-state index contributed by atoms with van der Waals surface area (Å²) < 4.78 is 47.5. The van der Waals surface area contributed by atoms with Crippen LogP contribution in [0.4, 0.5) is 13.2 Å². The zero-order chi connectivity index (χ0) is 28.8. The number of halogens is 3. The molecule has 0 amide bonds. The van der Waals surface area contributed by atoms with Crippen LogP contribution in [0.25, 0.3) is 22.3 Å². The average molecular weight is 568 g/mol. The molecule has 4 aromatic rings. The van der Waals surface area contributed by atoms with E-state index >= 15 is 0 Å². The van der Waals surface area contributed by atoms with Gasteiger partial charge in [0.15, 0.2) is 0 Å². The first-order chi connectivity index (χ1) is 19.6. The number of ether oxygens (including phenoxy) is 1. The maximum Gasteiger partial charge on any atom is 0.451 e. The molecule has 0 bridgehead atoms. The highest BCUT2D eigenvalue weighted by Crippen LogP contribution is 2.39. The maximum absolute atomic E-state index is 13.3. The Morgan fingerprint density at radius 1 is 1.22 bits per heavy atom. The molecule has 5 heterocycles. The minimum atomic E-state index is -4.74. The molecule has 1 atom stereocenters. The second-order valence-electron chi connectivity index (χ2n) is 10.8. The quantitative estimate of drug-likeness (QED) is 0.339. The molecule has 0 spiro atoms. The van der Waals surface area contributed by atoms with E-state index in [1.165, 1.54) is 19.3 Å². The van der Waals surface area contributed by atoms with Crippen LogP contribution < -0.4 is 4.74 Å². The van der Waals surface area contributed by atoms with Crippen LogP contribution >= 0.6 is 0 Å². The highest BCUT2D eigenvalue weighted by atomic mass is 19.4. The van der Waals surface area contributed by atoms with Gasteiger partial charge < -0.3 is 14.8 Å². The van der Waals surface area contributed by atoms with Gasteiger partial charge in [-0.2, -0.15) is 28.5 Å². The zero-order valence-electron chi connectivity index (χ0n) is 22.2. The molecule has 1 aliphatic heterocycles. The third kappa shape index (κ3) is 5.22. The number of alkyl halides is 3. The van der Waals surface area contributed by atoms with Crippen molar-refractivity contribution in [3.8, 4) is 23.2 Å². The summed E-state index contributed by atoms with van der Waals surface area (Å²) in [4.78, 5) is 21.1. The van der Waals surface area contributed by atoms with Crippen LogP contribution in [0, 0.1) is 11.3 Å². The molecule has 0 aromatic carbocycles. The van der Waals surface area contributed by atoms with Gasteiger partial charge in [-0.15, -0.1) is 0 Å². The van der Waals surface area contributed by atoms with E-state index < -0.39 is 23.6 Å². The number of H-pyrrole nitrogens is 1. The molecule has 1 saturated heterocycles. The Hall–Kier alpha value is -4.09. The summed E-state index contributed by atoms with van der Waals surface area (Å²) in [7, 11) is 0. The van der Waals surface area contributed by atoms with Crippen molar-refractivity contribution in [3.05, 3.63) is 48.6 Å². The number of rotatable bonds is 7. The van der Waals surface area contributed by atoms with E-state index in [1.54, 1.807) is 6.20 Å². The summed E-state index contributed by atoms with van der Waals surface area (Å²) in [6, 6.07) is 5.77. The molecule has 1 unspecified atom stereocenters. The first-order valence-corrected chi connectivity index (χ1v) is 13.4. The number of nitrogens with one attached hydrogen (secondary N) is 1. The van der Waals surface area contributed by atoms with Crippen molar-refractivity contribution in [2.75, 3.05) is 13.1 Å². The maximum atomic E-state index is 13.3. The summed E-state index contributed by atoms with van der Waals surface area (Å²) in [5, 5.41) is 24.9. The van der Waals surface area contributed by atoms with Crippen molar-refractivity contribution in [3.63, 3.8) is 0 Å². The molecule has 11 nitrogen and oxygen atoms in total. The molecule has 4 aromatic heterocycles. The lowest BCUT2D eigenvalue weighted by atomic mass is 9.82. The molecule has 41 heavy (non-hydrogen) atoms. The monoisotopic (exact) mass is 567 g/mol. The topological polar surface area (TPSA) is 142 Å². The van der Waals surface area contributed by atoms with Gasteiger partial charge in [0.25, 0.3) is 0 Å². The predicted molar refractivity (Wildman–Crippen MR) is 139 cm³/mol. The van der Waals surface area contributed by atoms with Crippen LogP contribution in [0.15, 0.2) is 37.1 Å². The van der Waals surface area contributed by atoms with Crippen molar-refractivity contribution in [2.45, 2.75) is 69.0 Å². The zero-order valence-corrected chi connectivity index (χ0v) is 22.2. The summed E-state index contributed by atoms with van der Waals surface area (Å²) in [5.74, 6) is -1.51. The standard InChI is InChI=1S/C27H28F3N9O2/c1-16(40)21-10-22(37-25(36-21)27(28,29)30)41-19-4-2-18(3-5-19)38-13-26(14-38,7-8-31)39-12-17(11-35-39)23-20-6-9-32-24(20)34-15-33-23/h6,9-12,15-16,18-19,40H,2-5,7,13-14H2,1H3,(H,32,33,34). The van der Waals surface area contributed by atoms with Crippen LogP contribution in [0.2, 0.25) is 0 Å². The third-order valence-corrected chi connectivity index (χ3v) is 7.95. The number of aromatic amines is 1. The lowest BCUT2D eigenvalue weighted by Gasteiger charge is -2.53. The number of aromatic nitrogens is 7. The van der Waals surface area contributed by atoms with Crippen LogP contribution in [-0.2, 0) is 11.7 Å². The Bertz CT molecular complexity index is 1580. The van der Waals surface area contributed by atoms with Gasteiger partial charge in [-0.3, -0.25) is 9.58 Å². The van der Waals surface area contributed by atoms with Crippen molar-refractivity contribution in [2.24, 2.45) is 0 Å². The summed E-state index contributed by atoms with van der Waals surface area (Å²) >= 11 is 0. The van der Waals surface area contributed by atoms with Crippen molar-refractivity contribution < 1.29 is 23.0 Å². The van der Waals surface area contributed by atoms with E-state index in [2.05, 4.69) is 41.0 Å². The van der Waals surface area contributed by atoms with Gasteiger partial charge >= 0.3 is 6.18 Å². The van der Waals surface area contributed by atoms with Crippen molar-refractivity contribution in [1.29, 1.82) is 5.26 Å². The van der Waals surface area contributed by atoms with Gasteiger partial charge in [-0.1, -0.05) is 0 Å². The second-order valence-corrected chi connectivity index (χ2v) is 10.8. The predicted octanol–water partition coefficient (Wildman–Crippen LogP) is 4.00. The second kappa shape index (κ2) is 10.4. The average Bonchev–Trinajstić information content (AvgIpc) is 3.61. The fourth-order valence-corrected chi connectivity index (χ4v) is 5.80. The number of likely N-dealkylation sites (tertiary alicyclic amines) is 1. The number of hydrogen-bond acceptors (Lipinski definition) is 9. The van der Waals surface area contributed by atoms with E-state index in [0.29, 0.717) is 32.4 Å². The Morgan fingerprint density at radius 3 is 2.71 bits per heavy atom. The van der Waals surface area contributed by atoms with Gasteiger partial charge in [0, 0.05) is 48.5 Å². The van der Waals surface area contributed by atoms with Gasteiger partial charge in [0.1, 0.15) is 23.6 Å². The number of fused-ring (bicyclic) bond motifs is 1. The highest BCUT2D eigenvalue weighted by Gasteiger charge is 2.48. The molecule has 2 fully saturated rings. The van der Waals surface area contributed by atoms with E-state index in [9.17, 15) is 23.5 Å². The summed E-state index contributed by atoms with van der Waals surface area (Å²) in [6.45, 7) is 2.68. The first kappa shape index (κ1) is 27.1. The number of aliphatic hydroxyl groups is 1. The van der Waals surface area contributed by atoms with E-state index in [4.69, 9.17) is 4.74 Å². The molecule has 6 rings (SSSR count). The normalized spacial score (nSPS) is 21.8. The lowest BCUT2D eigenvalue weighted by molar-refractivity contribution is -0.145. The SMILES string of the molecule is CC(O)c1cc(OC2CCC(N3CC(CC#N)(n4cc(-c5ncnc6[nH]ccc56)cn4)C3)CC2)nc(C(F)(F)F)n1. The minimum Gasteiger partial charge on any atom is -0.474 e. The molecule has 214 valence electrons. The Kier molecular flexibility index (Phi) is 6.87. The molecule has 2 N–H and O–H groups in total. The molecule has 1 saturated carbocycles. The minimum absolute atomic E-state index is 0.135. The third-order valence-electron chi connectivity index (χ3n) is 7.95. The largest absolute Gasteiger partial charge is 0.474 e. The van der Waals surface area contributed by atoms with Gasteiger partial charge in [0.2, 0.25) is 11.7 Å². The van der Waals surface area contributed by atoms with Crippen molar-refractivity contribution >= 4 is 11.0 Å². The highest BCUT2D eigenvalue weighted by molar-refractivity contribution is 5.90. The van der Waals surface area contributed by atoms with E-state index in [0.717, 1.165) is 35.1 Å². The van der Waals surface area contributed by atoms with Gasteiger partial charge in [-0.05, 0) is 38.7 Å². The smallest absolute Gasteiger partial charge is 0.451 e. The van der Waals surface area contributed by atoms with Gasteiger partial charge in [-0.25, -0.2) is 15.0 Å². The van der Waals surface area contributed by atoms with E-state index in [1.807, 2.05) is 23.1 Å². The van der Waals surface area contributed by atoms with Crippen molar-refractivity contribution in [1.82, 2.24) is 39.6 Å². The van der Waals surface area contributed by atoms with Crippen LogP contribution in [0.3, 0.4) is 0 Å². The number of nitrogens with zero attached hydrogens (tertiary/aromatic N) is 8. The first-order valence-electron chi connectivity index (χ1n) is 13.4. The number of hydrogen-bond donors (Lipinski definition) is 2. The fraction of sp³-hybridized carbons (Fsp3) is 0.481. The molecular weight excluding hydrogens is 539 g/mol.